The largest absolute Gasteiger partial charge is 0.506 e. The van der Waals surface area contributed by atoms with Crippen LogP contribution in [0.4, 0.5) is 0 Å². The lowest BCUT2D eigenvalue weighted by Gasteiger charge is -2.06. The van der Waals surface area contributed by atoms with Crippen molar-refractivity contribution in [3.05, 3.63) is 34.4 Å². The minimum atomic E-state index is -0.684. The van der Waals surface area contributed by atoms with Gasteiger partial charge < -0.3 is 9.84 Å². The van der Waals surface area contributed by atoms with E-state index in [9.17, 15) is 9.90 Å². The Morgan fingerprint density at radius 1 is 1.56 bits per heavy atom. The maximum atomic E-state index is 11.5. The molecule has 0 bridgehead atoms. The zero-order valence-electron chi connectivity index (χ0n) is 9.98. The summed E-state index contributed by atoms with van der Waals surface area (Å²) in [5.41, 5.74) is 0.417. The normalized spacial score (nSPS) is 11.2. The van der Waals surface area contributed by atoms with Crippen LogP contribution in [0.5, 0.6) is 5.75 Å². The quantitative estimate of drug-likeness (QED) is 0.518. The third-order valence-corrected chi connectivity index (χ3v) is 2.27. The Morgan fingerprint density at radius 2 is 2.22 bits per heavy atom. The number of rotatable bonds is 3. The fourth-order valence-corrected chi connectivity index (χ4v) is 1.38. The summed E-state index contributed by atoms with van der Waals surface area (Å²) >= 11 is 5.73. The van der Waals surface area contributed by atoms with Crippen molar-refractivity contribution in [3.63, 3.8) is 0 Å². The average Bonchev–Trinajstić information content (AvgIpc) is 2.29. The number of phenolic OH excluding ortho intramolecular Hbond substituents is 1. The molecule has 0 aliphatic heterocycles. The number of halogens is 1. The van der Waals surface area contributed by atoms with Gasteiger partial charge in [0, 0.05) is 0 Å². The number of carbonyl (C=O) groups excluding carboxylic acids is 1. The summed E-state index contributed by atoms with van der Waals surface area (Å²) in [5, 5.41) is 18.3. The molecule has 5 heteroatoms. The third-order valence-electron chi connectivity index (χ3n) is 1.97. The first-order valence-electron chi connectivity index (χ1n) is 5.25. The van der Waals surface area contributed by atoms with E-state index >= 15 is 0 Å². The van der Waals surface area contributed by atoms with E-state index in [0.717, 1.165) is 0 Å². The molecule has 1 aromatic rings. The average molecular weight is 266 g/mol. The molecule has 1 N–H and O–H groups in total. The smallest absolute Gasteiger partial charge is 0.349 e. The number of benzene rings is 1. The SMILES string of the molecule is CC(C)OC(=O)C(C#N)=Cc1ccc(O)c(Cl)c1. The Labute approximate surface area is 110 Å². The maximum Gasteiger partial charge on any atom is 0.349 e. The van der Waals surface area contributed by atoms with Gasteiger partial charge in [0.25, 0.3) is 0 Å². The van der Waals surface area contributed by atoms with Gasteiger partial charge in [-0.15, -0.1) is 0 Å². The molecule has 18 heavy (non-hydrogen) atoms. The van der Waals surface area contributed by atoms with Crippen LogP contribution in [0.15, 0.2) is 23.8 Å². The van der Waals surface area contributed by atoms with Crippen molar-refractivity contribution in [3.8, 4) is 11.8 Å². The van der Waals surface area contributed by atoms with Crippen molar-refractivity contribution >= 4 is 23.6 Å². The van der Waals surface area contributed by atoms with Gasteiger partial charge in [-0.25, -0.2) is 4.79 Å². The van der Waals surface area contributed by atoms with Gasteiger partial charge in [0.2, 0.25) is 0 Å². The fourth-order valence-electron chi connectivity index (χ4n) is 1.19. The van der Waals surface area contributed by atoms with Gasteiger partial charge in [-0.05, 0) is 37.6 Å². The lowest BCUT2D eigenvalue weighted by Crippen LogP contribution is -2.12. The van der Waals surface area contributed by atoms with Crippen molar-refractivity contribution in [1.29, 1.82) is 5.26 Å². The van der Waals surface area contributed by atoms with E-state index in [1.807, 2.05) is 0 Å². The summed E-state index contributed by atoms with van der Waals surface area (Å²) in [6.45, 7) is 3.40. The van der Waals surface area contributed by atoms with E-state index in [0.29, 0.717) is 5.56 Å². The van der Waals surface area contributed by atoms with Crippen molar-refractivity contribution in [2.45, 2.75) is 20.0 Å². The molecule has 0 saturated heterocycles. The minimum Gasteiger partial charge on any atom is -0.506 e. The van der Waals surface area contributed by atoms with Gasteiger partial charge >= 0.3 is 5.97 Å². The first-order valence-corrected chi connectivity index (χ1v) is 5.63. The van der Waals surface area contributed by atoms with Crippen LogP contribution in [0.25, 0.3) is 6.08 Å². The second-order valence-electron chi connectivity index (χ2n) is 3.83. The van der Waals surface area contributed by atoms with Crippen LogP contribution in [0.1, 0.15) is 19.4 Å². The number of nitrogens with zero attached hydrogens (tertiary/aromatic N) is 1. The lowest BCUT2D eigenvalue weighted by atomic mass is 10.1. The van der Waals surface area contributed by atoms with E-state index in [2.05, 4.69) is 0 Å². The number of carbonyl (C=O) groups is 1. The number of nitriles is 1. The Morgan fingerprint density at radius 3 is 2.72 bits per heavy atom. The third kappa shape index (κ3) is 3.79. The van der Waals surface area contributed by atoms with E-state index in [1.165, 1.54) is 18.2 Å². The standard InChI is InChI=1S/C13H12ClNO3/c1-8(2)18-13(17)10(7-15)5-9-3-4-12(16)11(14)6-9/h3-6,8,16H,1-2H3. The first-order chi connectivity index (χ1) is 8.43. The second-order valence-corrected chi connectivity index (χ2v) is 4.24. The Hall–Kier alpha value is -1.99. The van der Waals surface area contributed by atoms with Crippen molar-refractivity contribution in [2.24, 2.45) is 0 Å². The van der Waals surface area contributed by atoms with Crippen LogP contribution < -0.4 is 0 Å². The highest BCUT2D eigenvalue weighted by atomic mass is 35.5. The van der Waals surface area contributed by atoms with E-state index in [1.54, 1.807) is 26.0 Å². The molecule has 94 valence electrons. The zero-order valence-corrected chi connectivity index (χ0v) is 10.7. The van der Waals surface area contributed by atoms with Crippen LogP contribution in [-0.2, 0) is 9.53 Å². The number of ether oxygens (including phenoxy) is 1. The van der Waals surface area contributed by atoms with Gasteiger partial charge in [-0.2, -0.15) is 5.26 Å². The molecule has 0 unspecified atom stereocenters. The summed E-state index contributed by atoms with van der Waals surface area (Å²) in [5.74, 6) is -0.742. The Bertz CT molecular complexity index is 530. The number of hydrogen-bond acceptors (Lipinski definition) is 4. The van der Waals surface area contributed by atoms with Gasteiger partial charge in [0.05, 0.1) is 11.1 Å². The van der Waals surface area contributed by atoms with Gasteiger partial charge in [-0.1, -0.05) is 17.7 Å². The molecule has 0 aromatic heterocycles. The van der Waals surface area contributed by atoms with Crippen LogP contribution in [0.2, 0.25) is 5.02 Å². The predicted octanol–water partition coefficient (Wildman–Crippen LogP) is 2.90. The number of esters is 1. The molecule has 0 spiro atoms. The zero-order chi connectivity index (χ0) is 13.7. The molecule has 0 aliphatic carbocycles. The maximum absolute atomic E-state index is 11.5. The molecule has 4 nitrogen and oxygen atoms in total. The summed E-state index contributed by atoms with van der Waals surface area (Å²) in [7, 11) is 0. The number of phenols is 1. The summed E-state index contributed by atoms with van der Waals surface area (Å²) in [6.07, 6.45) is 1.06. The van der Waals surface area contributed by atoms with Crippen LogP contribution in [-0.4, -0.2) is 17.2 Å². The molecular formula is C13H12ClNO3. The van der Waals surface area contributed by atoms with E-state index < -0.39 is 5.97 Å². The van der Waals surface area contributed by atoms with Crippen molar-refractivity contribution < 1.29 is 14.6 Å². The van der Waals surface area contributed by atoms with Gasteiger partial charge in [-0.3, -0.25) is 0 Å². The van der Waals surface area contributed by atoms with Crippen LogP contribution in [0.3, 0.4) is 0 Å². The summed E-state index contributed by atoms with van der Waals surface area (Å²) in [6, 6.07) is 6.15. The highest BCUT2D eigenvalue weighted by molar-refractivity contribution is 6.32. The van der Waals surface area contributed by atoms with E-state index in [-0.39, 0.29) is 22.4 Å². The molecule has 1 aromatic carbocycles. The van der Waals surface area contributed by atoms with E-state index in [4.69, 9.17) is 21.6 Å². The highest BCUT2D eigenvalue weighted by Gasteiger charge is 2.12. The predicted molar refractivity (Wildman–Crippen MR) is 67.9 cm³/mol. The Kier molecular flexibility index (Phi) is 4.75. The Balaban J connectivity index is 3.01. The molecule has 1 rings (SSSR count). The first kappa shape index (κ1) is 14.1. The molecule has 0 saturated carbocycles. The van der Waals surface area contributed by atoms with Crippen molar-refractivity contribution in [1.82, 2.24) is 0 Å². The molecule has 0 aliphatic rings. The van der Waals surface area contributed by atoms with Crippen molar-refractivity contribution in [2.75, 3.05) is 0 Å². The molecule has 0 radical (unpaired) electrons. The summed E-state index contributed by atoms with van der Waals surface area (Å²) < 4.78 is 4.92. The summed E-state index contributed by atoms with van der Waals surface area (Å²) in [4.78, 5) is 11.5. The molecule has 0 atom stereocenters. The number of aromatic hydroxyl groups is 1. The van der Waals surface area contributed by atoms with Crippen LogP contribution >= 0.6 is 11.6 Å². The topological polar surface area (TPSA) is 70.3 Å². The lowest BCUT2D eigenvalue weighted by molar-refractivity contribution is -0.142. The second kappa shape index (κ2) is 6.08. The minimum absolute atomic E-state index is 0.0583. The molecule has 0 fully saturated rings. The highest BCUT2D eigenvalue weighted by Crippen LogP contribution is 2.24. The molecular weight excluding hydrogens is 254 g/mol. The van der Waals surface area contributed by atoms with Gasteiger partial charge in [0.1, 0.15) is 17.4 Å². The molecule has 0 amide bonds. The van der Waals surface area contributed by atoms with Gasteiger partial charge in [0.15, 0.2) is 0 Å². The fraction of sp³-hybridized carbons (Fsp3) is 0.231. The molecule has 0 heterocycles. The monoisotopic (exact) mass is 265 g/mol. The number of hydrogen-bond donors (Lipinski definition) is 1. The van der Waals surface area contributed by atoms with Crippen LogP contribution in [0, 0.1) is 11.3 Å².